The third-order valence-corrected chi connectivity index (χ3v) is 8.15. The first-order valence-electron chi connectivity index (χ1n) is 5.37. The highest BCUT2D eigenvalue weighted by Crippen LogP contribution is 2.44. The summed E-state index contributed by atoms with van der Waals surface area (Å²) in [5.41, 5.74) is 0.369. The minimum atomic E-state index is -3.76. The van der Waals surface area contributed by atoms with Crippen molar-refractivity contribution in [3.63, 3.8) is 0 Å². The molecule has 0 aliphatic heterocycles. The second kappa shape index (κ2) is 6.02. The van der Waals surface area contributed by atoms with Crippen LogP contribution in [0.25, 0.3) is 10.8 Å². The van der Waals surface area contributed by atoms with Crippen LogP contribution in [0, 0.1) is 0 Å². The van der Waals surface area contributed by atoms with E-state index in [-0.39, 0.29) is 11.5 Å². The number of rotatable bonds is 3. The highest BCUT2D eigenvalue weighted by atomic mass is 80.0. The SMILES string of the molecule is O=S(=O)(c1cc2ccccc2cc1COO)C(Br)(Br)Br. The summed E-state index contributed by atoms with van der Waals surface area (Å²) >= 11 is 9.08. The molecule has 4 nitrogen and oxygen atoms in total. The first-order chi connectivity index (χ1) is 9.27. The van der Waals surface area contributed by atoms with Gasteiger partial charge in [0.25, 0.3) is 0 Å². The first kappa shape index (κ1) is 16.4. The van der Waals surface area contributed by atoms with Gasteiger partial charge >= 0.3 is 0 Å². The Labute approximate surface area is 141 Å². The molecule has 0 radical (unpaired) electrons. The van der Waals surface area contributed by atoms with Gasteiger partial charge in [-0.15, -0.1) is 0 Å². The molecule has 20 heavy (non-hydrogen) atoms. The summed E-state index contributed by atoms with van der Waals surface area (Å²) in [7, 11) is -3.76. The number of hydrogen-bond donors (Lipinski definition) is 1. The van der Waals surface area contributed by atoms with Crippen molar-refractivity contribution < 1.29 is 18.6 Å². The van der Waals surface area contributed by atoms with E-state index in [0.29, 0.717) is 5.56 Å². The lowest BCUT2D eigenvalue weighted by Crippen LogP contribution is -2.19. The average Bonchev–Trinajstić information content (AvgIpc) is 2.37. The van der Waals surface area contributed by atoms with Gasteiger partial charge in [0.1, 0.15) is 6.61 Å². The minimum absolute atomic E-state index is 0.0656. The molecular formula is C12H9Br3O4S. The summed E-state index contributed by atoms with van der Waals surface area (Å²) in [5.74, 6) is 0. The fourth-order valence-electron chi connectivity index (χ4n) is 1.82. The van der Waals surface area contributed by atoms with E-state index in [1.165, 1.54) is 0 Å². The highest BCUT2D eigenvalue weighted by molar-refractivity contribution is 9.42. The number of sulfone groups is 1. The van der Waals surface area contributed by atoms with Crippen molar-refractivity contribution in [2.45, 2.75) is 13.0 Å². The van der Waals surface area contributed by atoms with Crippen molar-refractivity contribution in [1.29, 1.82) is 0 Å². The van der Waals surface area contributed by atoms with E-state index in [0.717, 1.165) is 10.8 Å². The molecule has 0 heterocycles. The number of halogens is 3. The van der Waals surface area contributed by atoms with E-state index in [1.807, 2.05) is 24.3 Å². The van der Waals surface area contributed by atoms with Crippen LogP contribution in [-0.2, 0) is 21.3 Å². The van der Waals surface area contributed by atoms with Gasteiger partial charge in [0.05, 0.1) is 4.90 Å². The predicted molar refractivity (Wildman–Crippen MR) is 88.1 cm³/mol. The van der Waals surface area contributed by atoms with Crippen molar-refractivity contribution >= 4 is 68.4 Å². The van der Waals surface area contributed by atoms with Gasteiger partial charge in [-0.1, -0.05) is 24.3 Å². The fourth-order valence-corrected chi connectivity index (χ4v) is 4.39. The molecule has 0 amide bonds. The molecular weight excluding hydrogens is 480 g/mol. The van der Waals surface area contributed by atoms with Gasteiger partial charge < -0.3 is 0 Å². The largest absolute Gasteiger partial charge is 0.251 e. The maximum atomic E-state index is 12.5. The zero-order valence-corrected chi connectivity index (χ0v) is 15.5. The van der Waals surface area contributed by atoms with Crippen molar-refractivity contribution in [2.75, 3.05) is 0 Å². The van der Waals surface area contributed by atoms with Crippen LogP contribution in [0.1, 0.15) is 5.56 Å². The summed E-state index contributed by atoms with van der Waals surface area (Å²) in [4.78, 5) is 4.18. The molecule has 0 aromatic heterocycles. The first-order valence-corrected chi connectivity index (χ1v) is 9.23. The second-order valence-electron chi connectivity index (χ2n) is 4.03. The molecule has 0 saturated carbocycles. The van der Waals surface area contributed by atoms with Crippen LogP contribution >= 0.6 is 47.8 Å². The van der Waals surface area contributed by atoms with E-state index in [4.69, 9.17) is 5.26 Å². The third kappa shape index (κ3) is 3.10. The molecule has 2 aromatic carbocycles. The maximum absolute atomic E-state index is 12.5. The van der Waals surface area contributed by atoms with Crippen LogP contribution in [0.15, 0.2) is 41.3 Å². The van der Waals surface area contributed by atoms with Crippen molar-refractivity contribution in [2.24, 2.45) is 0 Å². The summed E-state index contributed by atoms with van der Waals surface area (Å²) in [6, 6.07) is 10.6. The molecule has 0 spiro atoms. The van der Waals surface area contributed by atoms with Crippen LogP contribution in [-0.4, -0.2) is 15.1 Å². The Balaban J connectivity index is 2.77. The van der Waals surface area contributed by atoms with E-state index in [2.05, 4.69) is 52.7 Å². The van der Waals surface area contributed by atoms with E-state index in [9.17, 15) is 8.42 Å². The smallest absolute Gasteiger partial charge is 0.239 e. The van der Waals surface area contributed by atoms with Gasteiger partial charge in [0.15, 0.2) is 0 Å². The summed E-state index contributed by atoms with van der Waals surface area (Å²) in [6.07, 6.45) is 0. The Kier molecular flexibility index (Phi) is 4.93. The topological polar surface area (TPSA) is 63.6 Å². The molecule has 0 aliphatic rings. The highest BCUT2D eigenvalue weighted by Gasteiger charge is 2.39. The normalized spacial score (nSPS) is 12.8. The van der Waals surface area contributed by atoms with Gasteiger partial charge in [-0.25, -0.2) is 13.3 Å². The molecule has 0 bridgehead atoms. The van der Waals surface area contributed by atoms with Gasteiger partial charge in [-0.2, -0.15) is 0 Å². The molecule has 0 saturated heterocycles. The number of alkyl halides is 3. The quantitative estimate of drug-likeness (QED) is 0.395. The van der Waals surface area contributed by atoms with Gasteiger partial charge in [0.2, 0.25) is 11.3 Å². The van der Waals surface area contributed by atoms with Crippen LogP contribution < -0.4 is 0 Å². The number of fused-ring (bicyclic) bond motifs is 1. The van der Waals surface area contributed by atoms with Crippen molar-refractivity contribution in [3.05, 3.63) is 42.0 Å². The summed E-state index contributed by atoms with van der Waals surface area (Å²) in [6.45, 7) is -0.220. The molecule has 2 rings (SSSR count). The van der Waals surface area contributed by atoms with E-state index < -0.39 is 11.3 Å². The van der Waals surface area contributed by atoms with Crippen molar-refractivity contribution in [1.82, 2.24) is 0 Å². The molecule has 0 atom stereocenters. The molecule has 0 fully saturated rings. The third-order valence-electron chi connectivity index (χ3n) is 2.74. The Morgan fingerprint density at radius 3 is 2.15 bits per heavy atom. The van der Waals surface area contributed by atoms with Crippen LogP contribution in [0.4, 0.5) is 0 Å². The second-order valence-corrected chi connectivity index (χ2v) is 14.4. The zero-order valence-electron chi connectivity index (χ0n) is 9.89. The molecule has 2 aromatic rings. The van der Waals surface area contributed by atoms with Gasteiger partial charge in [-0.05, 0) is 70.7 Å². The summed E-state index contributed by atoms with van der Waals surface area (Å²) in [5, 5.41) is 10.3. The number of hydrogen-bond acceptors (Lipinski definition) is 4. The molecule has 108 valence electrons. The standard InChI is InChI=1S/C12H9Br3O4S/c13-12(14,15)20(17,18)11-6-9-4-2-1-3-8(9)5-10(11)7-19-16/h1-6,16H,7H2. The Morgan fingerprint density at radius 1 is 1.10 bits per heavy atom. The predicted octanol–water partition coefficient (Wildman–Crippen LogP) is 4.40. The lowest BCUT2D eigenvalue weighted by atomic mass is 10.1. The van der Waals surface area contributed by atoms with Crippen molar-refractivity contribution in [3.8, 4) is 0 Å². The van der Waals surface area contributed by atoms with E-state index in [1.54, 1.807) is 12.1 Å². The van der Waals surface area contributed by atoms with Crippen LogP contribution in [0.3, 0.4) is 0 Å². The molecule has 0 unspecified atom stereocenters. The monoisotopic (exact) mass is 486 g/mol. The lowest BCUT2D eigenvalue weighted by Gasteiger charge is -2.17. The fraction of sp³-hybridized carbons (Fsp3) is 0.167. The number of benzene rings is 2. The van der Waals surface area contributed by atoms with Crippen LogP contribution in [0.2, 0.25) is 0 Å². The average molecular weight is 489 g/mol. The van der Waals surface area contributed by atoms with E-state index >= 15 is 0 Å². The zero-order chi connectivity index (χ0) is 15.0. The minimum Gasteiger partial charge on any atom is -0.251 e. The lowest BCUT2D eigenvalue weighted by molar-refractivity contribution is -0.253. The Hall–Kier alpha value is 0.01000. The Bertz CT molecular complexity index is 738. The summed E-state index contributed by atoms with van der Waals surface area (Å²) < 4.78 is 23.6. The Morgan fingerprint density at radius 2 is 1.65 bits per heavy atom. The van der Waals surface area contributed by atoms with Gasteiger partial charge in [-0.3, -0.25) is 5.26 Å². The molecule has 1 N–H and O–H groups in total. The molecule has 8 heteroatoms. The van der Waals surface area contributed by atoms with Gasteiger partial charge in [0, 0.05) is 5.56 Å². The molecule has 0 aliphatic carbocycles. The van der Waals surface area contributed by atoms with Crippen LogP contribution in [0.5, 0.6) is 0 Å². The maximum Gasteiger partial charge on any atom is 0.239 e.